The van der Waals surface area contributed by atoms with Crippen molar-refractivity contribution in [1.82, 2.24) is 0 Å². The van der Waals surface area contributed by atoms with Gasteiger partial charge in [-0.3, -0.25) is 4.79 Å². The van der Waals surface area contributed by atoms with E-state index in [-0.39, 0.29) is 5.75 Å². The highest BCUT2D eigenvalue weighted by Crippen LogP contribution is 2.29. The Hall–Kier alpha value is -2.21. The normalized spacial score (nSPS) is 15.2. The molecule has 6 heteroatoms. The molecule has 1 unspecified atom stereocenters. The molecule has 0 spiro atoms. The van der Waals surface area contributed by atoms with Gasteiger partial charge in [0, 0.05) is 12.2 Å². The van der Waals surface area contributed by atoms with Gasteiger partial charge in [-0.05, 0) is 42.7 Å². The summed E-state index contributed by atoms with van der Waals surface area (Å²) in [6, 6.07) is 12.8. The molecule has 1 heterocycles. The first-order valence-corrected chi connectivity index (χ1v) is 9.45. The summed E-state index contributed by atoms with van der Waals surface area (Å²) in [6.45, 7) is 1.91. The first-order chi connectivity index (χ1) is 11.4. The molecule has 1 atom stereocenters. The van der Waals surface area contributed by atoms with Crippen molar-refractivity contribution in [2.75, 3.05) is 11.4 Å². The van der Waals surface area contributed by atoms with Gasteiger partial charge in [-0.2, -0.15) is 0 Å². The Morgan fingerprint density at radius 1 is 1.17 bits per heavy atom. The predicted molar refractivity (Wildman–Crippen MR) is 91.0 cm³/mol. The zero-order chi connectivity index (χ0) is 17.3. The van der Waals surface area contributed by atoms with E-state index in [1.54, 1.807) is 4.90 Å². The van der Waals surface area contributed by atoms with Gasteiger partial charge >= 0.3 is 0 Å². The number of amides is 1. The number of hydrogen-bond donors (Lipinski definition) is 0. The minimum absolute atomic E-state index is 0.282. The van der Waals surface area contributed by atoms with E-state index in [4.69, 9.17) is 0 Å². The second kappa shape index (κ2) is 6.36. The van der Waals surface area contributed by atoms with Gasteiger partial charge in [0.1, 0.15) is 11.1 Å². The number of rotatable bonds is 4. The third-order valence-electron chi connectivity index (χ3n) is 4.32. The molecule has 3 rings (SSSR count). The van der Waals surface area contributed by atoms with Crippen molar-refractivity contribution >= 4 is 21.4 Å². The van der Waals surface area contributed by atoms with Crippen LogP contribution in [0.4, 0.5) is 10.1 Å². The van der Waals surface area contributed by atoms with Crippen molar-refractivity contribution in [1.29, 1.82) is 0 Å². The van der Waals surface area contributed by atoms with E-state index in [9.17, 15) is 17.6 Å². The van der Waals surface area contributed by atoms with Crippen molar-refractivity contribution in [3.05, 3.63) is 65.5 Å². The topological polar surface area (TPSA) is 54.5 Å². The van der Waals surface area contributed by atoms with Crippen molar-refractivity contribution in [3.8, 4) is 0 Å². The maximum atomic E-state index is 12.9. The summed E-state index contributed by atoms with van der Waals surface area (Å²) in [5.74, 6) is -1.12. The van der Waals surface area contributed by atoms with Gasteiger partial charge < -0.3 is 4.90 Å². The van der Waals surface area contributed by atoms with Crippen LogP contribution in [-0.4, -0.2) is 26.1 Å². The Bertz CT molecular complexity index is 862. The number of carbonyl (C=O) groups excluding carboxylic acids is 1. The molecule has 2 aromatic carbocycles. The van der Waals surface area contributed by atoms with E-state index < -0.39 is 26.8 Å². The van der Waals surface area contributed by atoms with Gasteiger partial charge in [0.05, 0.1) is 5.75 Å². The minimum atomic E-state index is -3.68. The molecule has 0 fully saturated rings. The van der Waals surface area contributed by atoms with Crippen molar-refractivity contribution in [2.45, 2.75) is 24.3 Å². The quantitative estimate of drug-likeness (QED) is 0.854. The average Bonchev–Trinajstić information content (AvgIpc) is 2.99. The van der Waals surface area contributed by atoms with E-state index >= 15 is 0 Å². The number of sulfone groups is 1. The van der Waals surface area contributed by atoms with Crippen LogP contribution in [0.25, 0.3) is 0 Å². The van der Waals surface area contributed by atoms with E-state index in [0.29, 0.717) is 12.1 Å². The van der Waals surface area contributed by atoms with Crippen LogP contribution in [0.1, 0.15) is 18.1 Å². The number of para-hydroxylation sites is 1. The molecule has 1 aliphatic rings. The highest BCUT2D eigenvalue weighted by molar-refractivity contribution is 7.92. The second-order valence-electron chi connectivity index (χ2n) is 5.94. The van der Waals surface area contributed by atoms with Gasteiger partial charge in [0.2, 0.25) is 5.91 Å². The molecule has 0 saturated heterocycles. The van der Waals surface area contributed by atoms with Crippen LogP contribution in [0.3, 0.4) is 0 Å². The number of halogens is 1. The van der Waals surface area contributed by atoms with Crippen molar-refractivity contribution < 1.29 is 17.6 Å². The number of nitrogens with zero attached hydrogens (tertiary/aromatic N) is 1. The fraction of sp³-hybridized carbons (Fsp3) is 0.278. The summed E-state index contributed by atoms with van der Waals surface area (Å²) in [7, 11) is -3.68. The number of anilines is 1. The maximum absolute atomic E-state index is 12.9. The Labute approximate surface area is 140 Å². The minimum Gasteiger partial charge on any atom is -0.311 e. The molecule has 0 aromatic heterocycles. The van der Waals surface area contributed by atoms with Gasteiger partial charge in [0.25, 0.3) is 0 Å². The predicted octanol–water partition coefficient (Wildman–Crippen LogP) is 2.72. The molecule has 126 valence electrons. The Morgan fingerprint density at radius 2 is 1.83 bits per heavy atom. The molecule has 0 N–H and O–H groups in total. The largest absolute Gasteiger partial charge is 0.311 e. The lowest BCUT2D eigenvalue weighted by molar-refractivity contribution is -0.117. The molecule has 0 radical (unpaired) electrons. The van der Waals surface area contributed by atoms with Gasteiger partial charge in [0.15, 0.2) is 9.84 Å². The Balaban J connectivity index is 1.79. The lowest BCUT2D eigenvalue weighted by atomic mass is 10.2. The highest BCUT2D eigenvalue weighted by atomic mass is 32.2. The van der Waals surface area contributed by atoms with E-state index in [0.717, 1.165) is 17.7 Å². The molecular formula is C18H18FNO3S. The number of fused-ring (bicyclic) bond motifs is 1. The molecule has 2 aromatic rings. The van der Waals surface area contributed by atoms with Crippen molar-refractivity contribution in [3.63, 3.8) is 0 Å². The van der Waals surface area contributed by atoms with Crippen LogP contribution in [0, 0.1) is 5.82 Å². The van der Waals surface area contributed by atoms with E-state index in [1.807, 2.05) is 24.3 Å². The molecule has 4 nitrogen and oxygen atoms in total. The first kappa shape index (κ1) is 16.6. The van der Waals surface area contributed by atoms with E-state index in [1.165, 1.54) is 31.2 Å². The monoisotopic (exact) mass is 347 g/mol. The highest BCUT2D eigenvalue weighted by Gasteiger charge is 2.34. The van der Waals surface area contributed by atoms with Crippen LogP contribution in [-0.2, 0) is 26.8 Å². The van der Waals surface area contributed by atoms with Crippen LogP contribution in [0.5, 0.6) is 0 Å². The molecule has 0 saturated carbocycles. The fourth-order valence-electron chi connectivity index (χ4n) is 2.88. The molecule has 0 aliphatic carbocycles. The number of carbonyl (C=O) groups is 1. The SMILES string of the molecule is CC(C(=O)N1CCc2ccccc21)S(=O)(=O)Cc1ccc(F)cc1. The zero-order valence-electron chi connectivity index (χ0n) is 13.3. The summed E-state index contributed by atoms with van der Waals surface area (Å²) in [6.07, 6.45) is 0.729. The summed E-state index contributed by atoms with van der Waals surface area (Å²) in [5, 5.41) is -1.14. The third kappa shape index (κ3) is 3.19. The van der Waals surface area contributed by atoms with Gasteiger partial charge in [-0.25, -0.2) is 12.8 Å². The van der Waals surface area contributed by atoms with E-state index in [2.05, 4.69) is 0 Å². The van der Waals surface area contributed by atoms with Crippen LogP contribution in [0.15, 0.2) is 48.5 Å². The van der Waals surface area contributed by atoms with Crippen LogP contribution < -0.4 is 4.90 Å². The third-order valence-corrected chi connectivity index (χ3v) is 6.34. The lowest BCUT2D eigenvalue weighted by Gasteiger charge is -2.21. The summed E-state index contributed by atoms with van der Waals surface area (Å²) < 4.78 is 38.0. The summed E-state index contributed by atoms with van der Waals surface area (Å²) in [4.78, 5) is 14.2. The van der Waals surface area contributed by atoms with Gasteiger partial charge in [-0.15, -0.1) is 0 Å². The van der Waals surface area contributed by atoms with Crippen LogP contribution in [0.2, 0.25) is 0 Å². The molecule has 24 heavy (non-hydrogen) atoms. The summed E-state index contributed by atoms with van der Waals surface area (Å²) >= 11 is 0. The Morgan fingerprint density at radius 3 is 2.54 bits per heavy atom. The van der Waals surface area contributed by atoms with Crippen LogP contribution >= 0.6 is 0 Å². The summed E-state index contributed by atoms with van der Waals surface area (Å²) in [5.41, 5.74) is 2.30. The smallest absolute Gasteiger partial charge is 0.245 e. The molecule has 1 aliphatic heterocycles. The lowest BCUT2D eigenvalue weighted by Crippen LogP contribution is -2.41. The number of hydrogen-bond acceptors (Lipinski definition) is 3. The molecule has 1 amide bonds. The maximum Gasteiger partial charge on any atom is 0.245 e. The molecular weight excluding hydrogens is 329 g/mol. The molecule has 0 bridgehead atoms. The van der Waals surface area contributed by atoms with Crippen molar-refractivity contribution in [2.24, 2.45) is 0 Å². The zero-order valence-corrected chi connectivity index (χ0v) is 14.1. The fourth-order valence-corrected chi connectivity index (χ4v) is 4.22. The Kier molecular flexibility index (Phi) is 4.41. The number of benzene rings is 2. The standard InChI is InChI=1S/C18H18FNO3S/c1-13(24(22,23)12-14-6-8-16(19)9-7-14)18(21)20-11-10-15-4-2-3-5-17(15)20/h2-9,13H,10-12H2,1H3. The first-order valence-electron chi connectivity index (χ1n) is 7.74. The van der Waals surface area contributed by atoms with Gasteiger partial charge in [-0.1, -0.05) is 30.3 Å². The second-order valence-corrected chi connectivity index (χ2v) is 8.27. The average molecular weight is 347 g/mol.